The van der Waals surface area contributed by atoms with E-state index in [2.05, 4.69) is 15.9 Å². The van der Waals surface area contributed by atoms with Crippen LogP contribution in [0.4, 0.5) is 0 Å². The van der Waals surface area contributed by atoms with Gasteiger partial charge in [0.15, 0.2) is 5.79 Å². The normalized spacial score (nSPS) is 42.8. The van der Waals surface area contributed by atoms with Crippen molar-refractivity contribution in [3.63, 3.8) is 0 Å². The van der Waals surface area contributed by atoms with Crippen molar-refractivity contribution in [1.29, 1.82) is 0 Å². The average Bonchev–Trinajstić information content (AvgIpc) is 3.11. The molecule has 10 rings (SSSR count). The molecule has 0 radical (unpaired) electrons. The molecule has 10 heterocycles. The van der Waals surface area contributed by atoms with Gasteiger partial charge in [-0.25, -0.2) is 0 Å². The molecule has 0 saturated carbocycles. The first-order chi connectivity index (χ1) is 23.7. The fourth-order valence-electron chi connectivity index (χ4n) is 6.81. The van der Waals surface area contributed by atoms with Crippen LogP contribution in [0, 0.1) is 27.1 Å². The van der Waals surface area contributed by atoms with Gasteiger partial charge in [0, 0.05) is 26.1 Å². The Balaban J connectivity index is 1.05. The van der Waals surface area contributed by atoms with E-state index in [0.717, 1.165) is 0 Å². The van der Waals surface area contributed by atoms with Crippen LogP contribution in [0.25, 0.3) is 0 Å². The first kappa shape index (κ1) is 38.2. The summed E-state index contributed by atoms with van der Waals surface area (Å²) in [6.45, 7) is 17.1. The van der Waals surface area contributed by atoms with E-state index in [0.29, 0.717) is 104 Å². The molecule has 0 atom stereocenters. The molecule has 0 aliphatic carbocycles. The molecule has 10 aliphatic rings. The summed E-state index contributed by atoms with van der Waals surface area (Å²) in [6, 6.07) is 0. The maximum atomic E-state index is 6.59. The summed E-state index contributed by atoms with van der Waals surface area (Å²) in [5.41, 5.74) is -2.35. The number of hydrogen-bond acceptors (Lipinski definition) is 15. The van der Waals surface area contributed by atoms with Gasteiger partial charge in [0.05, 0.1) is 153 Å². The van der Waals surface area contributed by atoms with Crippen LogP contribution in [-0.4, -0.2) is 155 Å². The molecule has 0 aromatic carbocycles. The molecule has 6 bridgehead atoms. The lowest BCUT2D eigenvalue weighted by atomic mass is 9.87. The van der Waals surface area contributed by atoms with Gasteiger partial charge in [-0.15, -0.1) is 0 Å². The predicted octanol–water partition coefficient (Wildman–Crippen LogP) is 2.41. The van der Waals surface area contributed by atoms with E-state index in [1.54, 1.807) is 20.8 Å². The SMILES string of the molecule is CC1(C)OCC(CBr)(COCC(COCC23COC(C)(OC2)OC3)(COCC23COC(C)(OC2)OC3)COCC23COC(C)(OC2)OC3)CO1. The van der Waals surface area contributed by atoms with Gasteiger partial charge in [-0.1, -0.05) is 15.9 Å². The molecule has 288 valence electrons. The molecule has 0 amide bonds. The summed E-state index contributed by atoms with van der Waals surface area (Å²) in [5.74, 6) is -3.62. The molecule has 0 aromatic rings. The van der Waals surface area contributed by atoms with E-state index < -0.39 is 45.4 Å². The average molecular weight is 784 g/mol. The molecule has 16 heteroatoms. The maximum absolute atomic E-state index is 6.59. The highest BCUT2D eigenvalue weighted by Gasteiger charge is 2.53. The monoisotopic (exact) mass is 782 g/mol. The largest absolute Gasteiger partial charge is 0.380 e. The molecule has 10 fully saturated rings. The minimum absolute atomic E-state index is 0.274. The van der Waals surface area contributed by atoms with Crippen molar-refractivity contribution in [2.24, 2.45) is 27.1 Å². The molecule has 0 N–H and O–H groups in total. The summed E-state index contributed by atoms with van der Waals surface area (Å²) in [4.78, 5) is 0. The van der Waals surface area contributed by atoms with Crippen LogP contribution < -0.4 is 0 Å². The fourth-order valence-corrected chi connectivity index (χ4v) is 7.29. The van der Waals surface area contributed by atoms with Crippen LogP contribution in [-0.2, 0) is 71.1 Å². The zero-order valence-electron chi connectivity index (χ0n) is 30.1. The zero-order valence-corrected chi connectivity index (χ0v) is 31.7. The number of fused-ring (bicyclic) bond motifs is 9. The summed E-state index contributed by atoms with van der Waals surface area (Å²) in [7, 11) is 0. The Kier molecular flexibility index (Phi) is 10.8. The van der Waals surface area contributed by atoms with Crippen LogP contribution in [0.15, 0.2) is 0 Å². The third kappa shape index (κ3) is 8.41. The Labute approximate surface area is 302 Å². The van der Waals surface area contributed by atoms with Crippen LogP contribution in [0.1, 0.15) is 34.6 Å². The zero-order chi connectivity index (χ0) is 35.2. The first-order valence-electron chi connectivity index (χ1n) is 17.6. The smallest absolute Gasteiger partial charge is 0.279 e. The summed E-state index contributed by atoms with van der Waals surface area (Å²) >= 11 is 3.69. The molecule has 10 saturated heterocycles. The van der Waals surface area contributed by atoms with Gasteiger partial charge in [0.25, 0.3) is 17.9 Å². The van der Waals surface area contributed by atoms with Crippen LogP contribution in [0.3, 0.4) is 0 Å². The maximum Gasteiger partial charge on any atom is 0.279 e. The highest BCUT2D eigenvalue weighted by Crippen LogP contribution is 2.42. The Morgan fingerprint density at radius 2 is 0.700 bits per heavy atom. The lowest BCUT2D eigenvalue weighted by molar-refractivity contribution is -0.463. The minimum atomic E-state index is -0.993. The van der Waals surface area contributed by atoms with Gasteiger partial charge in [-0.2, -0.15) is 0 Å². The summed E-state index contributed by atoms with van der Waals surface area (Å²) in [5, 5.41) is 0.650. The third-order valence-corrected chi connectivity index (χ3v) is 12.0. The lowest BCUT2D eigenvalue weighted by Crippen LogP contribution is -2.61. The second-order valence-corrected chi connectivity index (χ2v) is 17.3. The molecule has 0 spiro atoms. The molecule has 50 heavy (non-hydrogen) atoms. The summed E-state index contributed by atoms with van der Waals surface area (Å²) < 4.78 is 91.0. The van der Waals surface area contributed by atoms with Crippen molar-refractivity contribution >= 4 is 15.9 Å². The molecular formula is C34H55BrO15. The second-order valence-electron chi connectivity index (χ2n) is 16.8. The molecule has 0 aromatic heterocycles. The standard InChI is InChI=1S/C34H55BrO15/c1-26(2)40-15-30(6-35,16-41-26)7-36-8-31(9-37-12-32-17-42-27(3,43-18-32)44-19-32,10-38-13-33-20-45-28(4,46-21-33)47-22-33)11-39-14-34-23-48-29(5,49-24-34)50-25-34/h6-25H2,1-5H3. The van der Waals surface area contributed by atoms with Gasteiger partial charge >= 0.3 is 0 Å². The topological polar surface area (TPSA) is 138 Å². The van der Waals surface area contributed by atoms with Crippen molar-refractivity contribution in [2.45, 2.75) is 58.3 Å². The second kappa shape index (κ2) is 14.2. The first-order valence-corrected chi connectivity index (χ1v) is 18.7. The predicted molar refractivity (Wildman–Crippen MR) is 174 cm³/mol. The van der Waals surface area contributed by atoms with Crippen molar-refractivity contribution < 1.29 is 71.1 Å². The van der Waals surface area contributed by atoms with Crippen LogP contribution >= 0.6 is 15.9 Å². The van der Waals surface area contributed by atoms with E-state index in [1.807, 2.05) is 13.8 Å². The van der Waals surface area contributed by atoms with E-state index in [9.17, 15) is 0 Å². The number of hydrogen-bond donors (Lipinski definition) is 0. The van der Waals surface area contributed by atoms with Crippen molar-refractivity contribution in [2.75, 3.05) is 131 Å². The van der Waals surface area contributed by atoms with Gasteiger partial charge in [-0.3, -0.25) is 0 Å². The van der Waals surface area contributed by atoms with Gasteiger partial charge in [0.1, 0.15) is 0 Å². The molecule has 15 nitrogen and oxygen atoms in total. The van der Waals surface area contributed by atoms with Crippen molar-refractivity contribution in [3.05, 3.63) is 0 Å². The van der Waals surface area contributed by atoms with Gasteiger partial charge in [0.2, 0.25) is 0 Å². The van der Waals surface area contributed by atoms with E-state index >= 15 is 0 Å². The van der Waals surface area contributed by atoms with Gasteiger partial charge in [-0.05, 0) is 13.8 Å². The third-order valence-electron chi connectivity index (χ3n) is 10.8. The van der Waals surface area contributed by atoms with Crippen LogP contribution in [0.5, 0.6) is 0 Å². The highest BCUT2D eigenvalue weighted by molar-refractivity contribution is 9.09. The van der Waals surface area contributed by atoms with E-state index in [1.165, 1.54) is 0 Å². The van der Waals surface area contributed by atoms with Gasteiger partial charge < -0.3 is 71.1 Å². The van der Waals surface area contributed by atoms with Crippen molar-refractivity contribution in [3.8, 4) is 0 Å². The molecular weight excluding hydrogens is 728 g/mol. The molecule has 0 unspecified atom stereocenters. The number of halogens is 1. The number of rotatable bonds is 17. The van der Waals surface area contributed by atoms with Crippen molar-refractivity contribution in [1.82, 2.24) is 0 Å². The Morgan fingerprint density at radius 3 is 0.980 bits per heavy atom. The molecule has 10 aliphatic heterocycles. The van der Waals surface area contributed by atoms with E-state index in [4.69, 9.17) is 71.1 Å². The summed E-state index contributed by atoms with van der Waals surface area (Å²) in [6.07, 6.45) is 0. The van der Waals surface area contributed by atoms with Crippen LogP contribution in [0.2, 0.25) is 0 Å². The van der Waals surface area contributed by atoms with E-state index in [-0.39, 0.29) is 31.8 Å². The highest BCUT2D eigenvalue weighted by atomic mass is 79.9. The fraction of sp³-hybridized carbons (Fsp3) is 1.00. The Morgan fingerprint density at radius 1 is 0.420 bits per heavy atom. The minimum Gasteiger partial charge on any atom is -0.380 e. The Hall–Kier alpha value is -0.120. The quantitative estimate of drug-likeness (QED) is 0.200. The lowest BCUT2D eigenvalue weighted by Gasteiger charge is -2.51. The Bertz CT molecular complexity index is 992. The number of alkyl halides is 1. The number of ether oxygens (including phenoxy) is 15.